The Labute approximate surface area is 108 Å². The number of hydrogen-bond donors (Lipinski definition) is 2. The van der Waals surface area contributed by atoms with Gasteiger partial charge in [-0.15, -0.1) is 0 Å². The maximum atomic E-state index is 9.67. The molecule has 1 atom stereocenters. The van der Waals surface area contributed by atoms with Gasteiger partial charge < -0.3 is 19.9 Å². The second-order valence-electron chi connectivity index (χ2n) is 4.98. The highest BCUT2D eigenvalue weighted by atomic mass is 16.5. The highest BCUT2D eigenvalue weighted by Crippen LogP contribution is 2.43. The molecule has 1 aromatic carbocycles. The number of aryl methyl sites for hydroxylation is 1. The molecule has 1 aliphatic heterocycles. The fraction of sp³-hybridized carbons (Fsp3) is 0.571. The Bertz CT molecular complexity index is 410. The largest absolute Gasteiger partial charge is 0.496 e. The lowest BCUT2D eigenvalue weighted by atomic mass is 9.75. The Morgan fingerprint density at radius 3 is 2.67 bits per heavy atom. The summed E-state index contributed by atoms with van der Waals surface area (Å²) in [7, 11) is 3.58. The molecule has 18 heavy (non-hydrogen) atoms. The molecule has 1 heterocycles. The number of aliphatic hydroxyl groups is 1. The lowest BCUT2D eigenvalue weighted by Crippen LogP contribution is -2.53. The highest BCUT2D eigenvalue weighted by molar-refractivity contribution is 5.40. The summed E-state index contributed by atoms with van der Waals surface area (Å²) in [5, 5.41) is 13.0. The number of nitrogens with one attached hydrogen (secondary N) is 1. The van der Waals surface area contributed by atoms with Crippen LogP contribution in [0.1, 0.15) is 17.2 Å². The summed E-state index contributed by atoms with van der Waals surface area (Å²) in [5.41, 5.74) is 2.02. The first-order chi connectivity index (χ1) is 8.66. The average molecular weight is 251 g/mol. The van der Waals surface area contributed by atoms with Crippen LogP contribution in [0, 0.1) is 12.3 Å². The van der Waals surface area contributed by atoms with Gasteiger partial charge in [0, 0.05) is 11.6 Å². The second-order valence-corrected chi connectivity index (χ2v) is 4.98. The molecule has 0 aliphatic carbocycles. The Morgan fingerprint density at radius 1 is 1.50 bits per heavy atom. The van der Waals surface area contributed by atoms with Gasteiger partial charge in [-0.05, 0) is 20.0 Å². The van der Waals surface area contributed by atoms with Gasteiger partial charge in [0.15, 0.2) is 0 Å². The van der Waals surface area contributed by atoms with Crippen LogP contribution in [0.15, 0.2) is 18.2 Å². The Morgan fingerprint density at radius 2 is 2.22 bits per heavy atom. The van der Waals surface area contributed by atoms with Crippen molar-refractivity contribution >= 4 is 0 Å². The molecule has 4 nitrogen and oxygen atoms in total. The number of hydrogen-bond acceptors (Lipinski definition) is 4. The van der Waals surface area contributed by atoms with Crippen molar-refractivity contribution < 1.29 is 14.6 Å². The minimum absolute atomic E-state index is 0.0334. The lowest BCUT2D eigenvalue weighted by Gasteiger charge is -2.46. The summed E-state index contributed by atoms with van der Waals surface area (Å²) < 4.78 is 10.7. The monoisotopic (exact) mass is 251 g/mol. The van der Waals surface area contributed by atoms with E-state index >= 15 is 0 Å². The van der Waals surface area contributed by atoms with Gasteiger partial charge in [0.25, 0.3) is 0 Å². The van der Waals surface area contributed by atoms with Gasteiger partial charge >= 0.3 is 0 Å². The van der Waals surface area contributed by atoms with Gasteiger partial charge in [-0.2, -0.15) is 0 Å². The third-order valence-electron chi connectivity index (χ3n) is 3.69. The molecule has 1 saturated heterocycles. The smallest absolute Gasteiger partial charge is 0.123 e. The molecule has 0 bridgehead atoms. The minimum atomic E-state index is -0.240. The van der Waals surface area contributed by atoms with Gasteiger partial charge in [-0.25, -0.2) is 0 Å². The number of methoxy groups -OCH3 is 1. The van der Waals surface area contributed by atoms with Crippen molar-refractivity contribution in [2.45, 2.75) is 13.0 Å². The number of rotatable bonds is 5. The molecule has 2 rings (SSSR count). The molecular formula is C14H21NO3. The molecule has 0 aromatic heterocycles. The molecule has 1 unspecified atom stereocenters. The minimum Gasteiger partial charge on any atom is -0.496 e. The van der Waals surface area contributed by atoms with E-state index in [1.807, 2.05) is 19.2 Å². The van der Waals surface area contributed by atoms with Crippen molar-refractivity contribution in [3.8, 4) is 5.75 Å². The molecule has 0 saturated carbocycles. The molecule has 0 amide bonds. The highest BCUT2D eigenvalue weighted by Gasteiger charge is 2.46. The molecule has 1 aromatic rings. The van der Waals surface area contributed by atoms with Crippen LogP contribution in [0.5, 0.6) is 5.75 Å². The number of aliphatic hydroxyl groups excluding tert-OH is 1. The maximum Gasteiger partial charge on any atom is 0.123 e. The molecule has 2 N–H and O–H groups in total. The number of ether oxygens (including phenoxy) is 2. The molecule has 4 heteroatoms. The van der Waals surface area contributed by atoms with Crippen molar-refractivity contribution in [1.29, 1.82) is 0 Å². The summed E-state index contributed by atoms with van der Waals surface area (Å²) in [5.74, 6) is 0.847. The van der Waals surface area contributed by atoms with Crippen molar-refractivity contribution in [2.24, 2.45) is 5.41 Å². The normalized spacial score (nSPS) is 19.1. The third kappa shape index (κ3) is 2.11. The molecule has 0 spiro atoms. The maximum absolute atomic E-state index is 9.67. The lowest BCUT2D eigenvalue weighted by molar-refractivity contribution is -0.155. The Hall–Kier alpha value is -1.10. The average Bonchev–Trinajstić information content (AvgIpc) is 2.33. The SMILES string of the molecule is CNC(c1cc(C)ccc1OC)C1(CO)COC1. The molecule has 1 fully saturated rings. The zero-order chi connectivity index (χ0) is 13.2. The van der Waals surface area contributed by atoms with Crippen molar-refractivity contribution in [3.05, 3.63) is 29.3 Å². The number of benzene rings is 1. The van der Waals surface area contributed by atoms with E-state index in [-0.39, 0.29) is 18.1 Å². The van der Waals surface area contributed by atoms with Gasteiger partial charge in [0.2, 0.25) is 0 Å². The summed E-state index contributed by atoms with van der Waals surface area (Å²) >= 11 is 0. The van der Waals surface area contributed by atoms with Crippen LogP contribution < -0.4 is 10.1 Å². The van der Waals surface area contributed by atoms with E-state index in [1.165, 1.54) is 5.56 Å². The Balaban J connectivity index is 2.40. The van der Waals surface area contributed by atoms with Crippen LogP contribution in [0.25, 0.3) is 0 Å². The second kappa shape index (κ2) is 5.26. The summed E-state index contributed by atoms with van der Waals surface area (Å²) in [6.45, 7) is 3.31. The van der Waals surface area contributed by atoms with Crippen LogP contribution in [0.2, 0.25) is 0 Å². The van der Waals surface area contributed by atoms with Gasteiger partial charge in [-0.1, -0.05) is 17.7 Å². The van der Waals surface area contributed by atoms with Crippen LogP contribution in [-0.2, 0) is 4.74 Å². The molecule has 1 aliphatic rings. The zero-order valence-electron chi connectivity index (χ0n) is 11.2. The third-order valence-corrected chi connectivity index (χ3v) is 3.69. The Kier molecular flexibility index (Phi) is 3.90. The first-order valence-electron chi connectivity index (χ1n) is 6.17. The topological polar surface area (TPSA) is 50.7 Å². The summed E-state index contributed by atoms with van der Waals surface area (Å²) in [6, 6.07) is 6.14. The molecule has 0 radical (unpaired) electrons. The van der Waals surface area contributed by atoms with Crippen LogP contribution in [-0.4, -0.2) is 39.1 Å². The van der Waals surface area contributed by atoms with Gasteiger partial charge in [-0.3, -0.25) is 0 Å². The first kappa shape index (κ1) is 13.3. The fourth-order valence-corrected chi connectivity index (χ4v) is 2.58. The van der Waals surface area contributed by atoms with E-state index in [4.69, 9.17) is 9.47 Å². The van der Waals surface area contributed by atoms with Gasteiger partial charge in [0.05, 0.1) is 32.3 Å². The van der Waals surface area contributed by atoms with Crippen molar-refractivity contribution in [1.82, 2.24) is 5.32 Å². The first-order valence-corrected chi connectivity index (χ1v) is 6.17. The standard InChI is InChI=1S/C14H21NO3/c1-10-4-5-12(17-3)11(6-10)13(15-2)14(7-16)8-18-9-14/h4-6,13,15-16H,7-9H2,1-3H3. The molecular weight excluding hydrogens is 230 g/mol. The predicted molar refractivity (Wildman–Crippen MR) is 69.9 cm³/mol. The fourth-order valence-electron chi connectivity index (χ4n) is 2.58. The van der Waals surface area contributed by atoms with Crippen molar-refractivity contribution in [3.63, 3.8) is 0 Å². The van der Waals surface area contributed by atoms with E-state index in [1.54, 1.807) is 7.11 Å². The van der Waals surface area contributed by atoms with Crippen LogP contribution in [0.3, 0.4) is 0 Å². The molecule has 100 valence electrons. The quantitative estimate of drug-likeness (QED) is 0.827. The van der Waals surface area contributed by atoms with Crippen LogP contribution in [0.4, 0.5) is 0 Å². The van der Waals surface area contributed by atoms with E-state index < -0.39 is 0 Å². The summed E-state index contributed by atoms with van der Waals surface area (Å²) in [6.07, 6.45) is 0. The predicted octanol–water partition coefficient (Wildman–Crippen LogP) is 1.27. The van der Waals surface area contributed by atoms with E-state index in [0.29, 0.717) is 13.2 Å². The zero-order valence-corrected chi connectivity index (χ0v) is 11.2. The van der Waals surface area contributed by atoms with Crippen molar-refractivity contribution in [2.75, 3.05) is 34.0 Å². The van der Waals surface area contributed by atoms with E-state index in [9.17, 15) is 5.11 Å². The van der Waals surface area contributed by atoms with Crippen LogP contribution >= 0.6 is 0 Å². The summed E-state index contributed by atoms with van der Waals surface area (Å²) in [4.78, 5) is 0. The van der Waals surface area contributed by atoms with E-state index in [2.05, 4.69) is 18.3 Å². The van der Waals surface area contributed by atoms with Gasteiger partial charge in [0.1, 0.15) is 5.75 Å². The van der Waals surface area contributed by atoms with E-state index in [0.717, 1.165) is 11.3 Å².